The van der Waals surface area contributed by atoms with E-state index in [1.165, 1.54) is 24.8 Å². The molecule has 3 N–H and O–H groups in total. The highest BCUT2D eigenvalue weighted by Gasteiger charge is 2.26. The largest absolute Gasteiger partial charge is 0.370 e. The molecule has 1 saturated heterocycles. The molecular weight excluding hydrogens is 262 g/mol. The average Bonchev–Trinajstić information content (AvgIpc) is 2.93. The highest BCUT2D eigenvalue weighted by molar-refractivity contribution is 5.77. The summed E-state index contributed by atoms with van der Waals surface area (Å²) < 4.78 is 6.08. The van der Waals surface area contributed by atoms with Crippen LogP contribution in [0.1, 0.15) is 43.8 Å². The molecule has 2 atom stereocenters. The Kier molecular flexibility index (Phi) is 4.76. The minimum atomic E-state index is 0.228. The maximum Gasteiger partial charge on any atom is 0.188 e. The Morgan fingerprint density at radius 3 is 2.71 bits per heavy atom. The van der Waals surface area contributed by atoms with Gasteiger partial charge in [0.2, 0.25) is 0 Å². The van der Waals surface area contributed by atoms with Gasteiger partial charge in [-0.15, -0.1) is 0 Å². The van der Waals surface area contributed by atoms with Crippen LogP contribution in [0.4, 0.5) is 0 Å². The van der Waals surface area contributed by atoms with Crippen molar-refractivity contribution in [2.45, 2.75) is 44.3 Å². The van der Waals surface area contributed by atoms with Gasteiger partial charge in [-0.05, 0) is 37.2 Å². The molecule has 0 radical (unpaired) electrons. The van der Waals surface area contributed by atoms with Gasteiger partial charge in [0.1, 0.15) is 0 Å². The molecule has 21 heavy (non-hydrogen) atoms. The van der Waals surface area contributed by atoms with Crippen LogP contribution in [0.3, 0.4) is 0 Å². The zero-order valence-electron chi connectivity index (χ0n) is 12.5. The zero-order chi connectivity index (χ0) is 14.5. The van der Waals surface area contributed by atoms with Crippen LogP contribution in [-0.4, -0.2) is 25.2 Å². The fraction of sp³-hybridized carbons (Fsp3) is 0.588. The molecule has 0 aromatic heterocycles. The lowest BCUT2D eigenvalue weighted by Gasteiger charge is -2.23. The van der Waals surface area contributed by atoms with Gasteiger partial charge >= 0.3 is 0 Å². The third-order valence-corrected chi connectivity index (χ3v) is 4.53. The number of nitrogens with zero attached hydrogens (tertiary/aromatic N) is 1. The number of benzene rings is 1. The third-order valence-electron chi connectivity index (χ3n) is 4.53. The van der Waals surface area contributed by atoms with Crippen molar-refractivity contribution in [2.75, 3.05) is 13.1 Å². The molecule has 0 unspecified atom stereocenters. The molecule has 114 valence electrons. The predicted molar refractivity (Wildman–Crippen MR) is 85.1 cm³/mol. The molecule has 1 aromatic carbocycles. The summed E-state index contributed by atoms with van der Waals surface area (Å²) in [4.78, 5) is 4.41. The number of ether oxygens (including phenoxy) is 1. The number of aliphatic imine (C=N–C) groups is 1. The van der Waals surface area contributed by atoms with E-state index < -0.39 is 0 Å². The SMILES string of the molecule is NC(=NCC1CCC1)NC[C@H]1CC[C@H](c2ccccc2)O1. The molecule has 1 heterocycles. The smallest absolute Gasteiger partial charge is 0.188 e. The van der Waals surface area contributed by atoms with Gasteiger partial charge in [0, 0.05) is 13.1 Å². The van der Waals surface area contributed by atoms with Crippen molar-refractivity contribution in [3.05, 3.63) is 35.9 Å². The first-order valence-corrected chi connectivity index (χ1v) is 8.05. The maximum atomic E-state index is 6.08. The molecule has 1 aliphatic heterocycles. The number of guanidine groups is 1. The van der Waals surface area contributed by atoms with Crippen molar-refractivity contribution in [1.82, 2.24) is 5.32 Å². The van der Waals surface area contributed by atoms with Crippen LogP contribution < -0.4 is 11.1 Å². The Hall–Kier alpha value is -1.55. The van der Waals surface area contributed by atoms with E-state index in [0.29, 0.717) is 5.96 Å². The minimum Gasteiger partial charge on any atom is -0.370 e. The van der Waals surface area contributed by atoms with E-state index >= 15 is 0 Å². The fourth-order valence-corrected chi connectivity index (χ4v) is 2.95. The van der Waals surface area contributed by atoms with E-state index in [-0.39, 0.29) is 12.2 Å². The Labute approximate surface area is 126 Å². The van der Waals surface area contributed by atoms with Crippen LogP contribution in [-0.2, 0) is 4.74 Å². The van der Waals surface area contributed by atoms with Gasteiger partial charge in [-0.2, -0.15) is 0 Å². The highest BCUT2D eigenvalue weighted by Crippen LogP contribution is 2.32. The van der Waals surface area contributed by atoms with E-state index in [0.717, 1.165) is 31.8 Å². The van der Waals surface area contributed by atoms with E-state index in [1.807, 2.05) is 6.07 Å². The van der Waals surface area contributed by atoms with Gasteiger partial charge in [-0.1, -0.05) is 36.8 Å². The lowest BCUT2D eigenvalue weighted by atomic mass is 9.86. The number of hydrogen-bond acceptors (Lipinski definition) is 2. The molecule has 4 heteroatoms. The summed E-state index contributed by atoms with van der Waals surface area (Å²) in [6.07, 6.45) is 6.57. The molecule has 0 spiro atoms. The standard InChI is InChI=1S/C17H25N3O/c18-17(19-11-13-5-4-6-13)20-12-15-9-10-16(21-15)14-7-2-1-3-8-14/h1-3,7-8,13,15-16H,4-6,9-12H2,(H3,18,19,20)/t15-,16-/m1/s1. The number of rotatable bonds is 5. The lowest BCUT2D eigenvalue weighted by molar-refractivity contribution is 0.0474. The van der Waals surface area contributed by atoms with Gasteiger partial charge in [0.25, 0.3) is 0 Å². The summed E-state index contributed by atoms with van der Waals surface area (Å²) >= 11 is 0. The molecule has 2 aliphatic rings. The van der Waals surface area contributed by atoms with Crippen LogP contribution in [0.2, 0.25) is 0 Å². The molecule has 0 bridgehead atoms. The van der Waals surface area contributed by atoms with E-state index in [1.54, 1.807) is 0 Å². The van der Waals surface area contributed by atoms with E-state index in [2.05, 4.69) is 34.6 Å². The van der Waals surface area contributed by atoms with Crippen LogP contribution >= 0.6 is 0 Å². The van der Waals surface area contributed by atoms with Crippen LogP contribution in [0.15, 0.2) is 35.3 Å². The summed E-state index contributed by atoms with van der Waals surface area (Å²) in [5.41, 5.74) is 7.18. The number of nitrogens with two attached hydrogens (primary N) is 1. The summed E-state index contributed by atoms with van der Waals surface area (Å²) in [7, 11) is 0. The Balaban J connectivity index is 1.40. The Morgan fingerprint density at radius 2 is 2.00 bits per heavy atom. The van der Waals surface area contributed by atoms with E-state index in [4.69, 9.17) is 10.5 Å². The van der Waals surface area contributed by atoms with Gasteiger partial charge in [0.05, 0.1) is 12.2 Å². The second-order valence-electron chi connectivity index (χ2n) is 6.14. The quantitative estimate of drug-likeness (QED) is 0.646. The average molecular weight is 287 g/mol. The summed E-state index contributed by atoms with van der Waals surface area (Å²) in [5.74, 6) is 1.32. The van der Waals surface area contributed by atoms with Gasteiger partial charge in [0.15, 0.2) is 5.96 Å². The molecule has 2 fully saturated rings. The molecule has 1 aliphatic carbocycles. The molecule has 1 saturated carbocycles. The minimum absolute atomic E-state index is 0.228. The van der Waals surface area contributed by atoms with Crippen molar-refractivity contribution in [2.24, 2.45) is 16.6 Å². The molecule has 3 rings (SSSR count). The highest BCUT2D eigenvalue weighted by atomic mass is 16.5. The number of nitrogens with one attached hydrogen (secondary N) is 1. The fourth-order valence-electron chi connectivity index (χ4n) is 2.95. The van der Waals surface area contributed by atoms with Crippen LogP contribution in [0.25, 0.3) is 0 Å². The second-order valence-corrected chi connectivity index (χ2v) is 6.14. The van der Waals surface area contributed by atoms with Crippen LogP contribution in [0.5, 0.6) is 0 Å². The van der Waals surface area contributed by atoms with E-state index in [9.17, 15) is 0 Å². The Bertz CT molecular complexity index is 470. The normalized spacial score (nSPS) is 26.6. The summed E-state index contributed by atoms with van der Waals surface area (Å²) in [5, 5.41) is 3.20. The number of hydrogen-bond donors (Lipinski definition) is 2. The summed E-state index contributed by atoms with van der Waals surface area (Å²) in [6, 6.07) is 10.4. The van der Waals surface area contributed by atoms with Crippen molar-refractivity contribution in [3.8, 4) is 0 Å². The van der Waals surface area contributed by atoms with Gasteiger partial charge in [-0.3, -0.25) is 4.99 Å². The maximum absolute atomic E-state index is 6.08. The topological polar surface area (TPSA) is 59.6 Å². The predicted octanol–water partition coefficient (Wildman–Crippen LogP) is 2.61. The Morgan fingerprint density at radius 1 is 1.19 bits per heavy atom. The summed E-state index contributed by atoms with van der Waals surface area (Å²) in [6.45, 7) is 1.63. The first kappa shape index (κ1) is 14.4. The lowest BCUT2D eigenvalue weighted by Crippen LogP contribution is -2.37. The van der Waals surface area contributed by atoms with Gasteiger partial charge < -0.3 is 15.8 Å². The van der Waals surface area contributed by atoms with Crippen molar-refractivity contribution >= 4 is 5.96 Å². The van der Waals surface area contributed by atoms with Crippen molar-refractivity contribution < 1.29 is 4.74 Å². The third kappa shape index (κ3) is 3.97. The van der Waals surface area contributed by atoms with Crippen molar-refractivity contribution in [1.29, 1.82) is 0 Å². The zero-order valence-corrected chi connectivity index (χ0v) is 12.5. The van der Waals surface area contributed by atoms with Crippen molar-refractivity contribution in [3.63, 3.8) is 0 Å². The monoisotopic (exact) mass is 287 g/mol. The second kappa shape index (κ2) is 6.94. The van der Waals surface area contributed by atoms with Crippen LogP contribution in [0, 0.1) is 5.92 Å². The molecular formula is C17H25N3O. The molecule has 0 amide bonds. The van der Waals surface area contributed by atoms with Gasteiger partial charge in [-0.25, -0.2) is 0 Å². The molecule has 4 nitrogen and oxygen atoms in total. The molecule has 1 aromatic rings. The first-order chi connectivity index (χ1) is 10.3. The first-order valence-electron chi connectivity index (χ1n) is 8.05.